The van der Waals surface area contributed by atoms with Gasteiger partial charge in [0.25, 0.3) is 5.91 Å². The number of aromatic nitrogens is 4. The number of likely N-dealkylation sites (tertiary alicyclic amines) is 1. The number of nitrogens with zero attached hydrogens (tertiary/aromatic N) is 5. The zero-order valence-corrected chi connectivity index (χ0v) is 14.7. The Hall–Kier alpha value is -2.22. The summed E-state index contributed by atoms with van der Waals surface area (Å²) in [4.78, 5) is 14.7. The van der Waals surface area contributed by atoms with E-state index >= 15 is 0 Å². The molecule has 8 nitrogen and oxygen atoms in total. The van der Waals surface area contributed by atoms with E-state index in [-0.39, 0.29) is 18.0 Å². The van der Waals surface area contributed by atoms with Gasteiger partial charge in [0, 0.05) is 19.1 Å². The summed E-state index contributed by atoms with van der Waals surface area (Å²) in [6, 6.07) is 2.61. The van der Waals surface area contributed by atoms with E-state index in [9.17, 15) is 4.79 Å². The van der Waals surface area contributed by atoms with Crippen molar-refractivity contribution in [1.82, 2.24) is 30.4 Å². The van der Waals surface area contributed by atoms with Crippen LogP contribution in [0.15, 0.2) is 16.7 Å². The summed E-state index contributed by atoms with van der Waals surface area (Å²) in [7, 11) is 0. The van der Waals surface area contributed by atoms with Crippen molar-refractivity contribution >= 4 is 5.91 Å². The number of rotatable bonds is 5. The Morgan fingerprint density at radius 2 is 2.08 bits per heavy atom. The van der Waals surface area contributed by atoms with E-state index in [1.165, 1.54) is 12.8 Å². The fourth-order valence-corrected chi connectivity index (χ4v) is 3.53. The van der Waals surface area contributed by atoms with Crippen LogP contribution in [0.25, 0.3) is 0 Å². The summed E-state index contributed by atoms with van der Waals surface area (Å²) in [5.74, 6) is 1.57. The fourth-order valence-electron chi connectivity index (χ4n) is 3.53. The molecule has 2 fully saturated rings. The molecule has 1 N–H and O–H groups in total. The summed E-state index contributed by atoms with van der Waals surface area (Å²) >= 11 is 0. The van der Waals surface area contributed by atoms with Gasteiger partial charge in [-0.05, 0) is 56.0 Å². The molecule has 25 heavy (non-hydrogen) atoms. The van der Waals surface area contributed by atoms with Crippen LogP contribution in [0.1, 0.15) is 66.6 Å². The number of furan rings is 1. The monoisotopic (exact) mass is 344 g/mol. The lowest BCUT2D eigenvalue weighted by atomic mass is 10.0. The van der Waals surface area contributed by atoms with Crippen molar-refractivity contribution in [2.45, 2.75) is 57.7 Å². The van der Waals surface area contributed by atoms with Crippen LogP contribution in [0, 0.1) is 6.92 Å². The second-order valence-electron chi connectivity index (χ2n) is 7.06. The third-order valence-corrected chi connectivity index (χ3v) is 5.30. The van der Waals surface area contributed by atoms with Crippen LogP contribution >= 0.6 is 0 Å². The van der Waals surface area contributed by atoms with E-state index in [1.54, 1.807) is 12.3 Å². The van der Waals surface area contributed by atoms with E-state index in [0.29, 0.717) is 17.4 Å². The lowest BCUT2D eigenvalue weighted by Crippen LogP contribution is -2.45. The second kappa shape index (κ2) is 6.59. The van der Waals surface area contributed by atoms with Crippen LogP contribution in [0.5, 0.6) is 0 Å². The maximum Gasteiger partial charge on any atom is 0.255 e. The lowest BCUT2D eigenvalue weighted by Gasteiger charge is -2.35. The van der Waals surface area contributed by atoms with Crippen molar-refractivity contribution in [3.05, 3.63) is 29.5 Å². The number of nitrogens with one attached hydrogen (secondary N) is 1. The first-order chi connectivity index (χ1) is 12.1. The molecule has 1 saturated carbocycles. The zero-order valence-electron chi connectivity index (χ0n) is 14.7. The van der Waals surface area contributed by atoms with Gasteiger partial charge in [0.15, 0.2) is 5.82 Å². The SMILES string of the molecule is Cc1occc1C(=O)NC1CCN([C@@H](C)c2nnnn2C2CC2)CC1. The minimum Gasteiger partial charge on any atom is -0.469 e. The molecule has 8 heteroatoms. The van der Waals surface area contributed by atoms with Crippen molar-refractivity contribution in [2.75, 3.05) is 13.1 Å². The molecular formula is C17H24N6O2. The van der Waals surface area contributed by atoms with Gasteiger partial charge < -0.3 is 9.73 Å². The van der Waals surface area contributed by atoms with Crippen LogP contribution in [-0.2, 0) is 0 Å². The zero-order chi connectivity index (χ0) is 17.4. The molecule has 2 aromatic heterocycles. The first kappa shape index (κ1) is 16.3. The smallest absolute Gasteiger partial charge is 0.255 e. The summed E-state index contributed by atoms with van der Waals surface area (Å²) in [6.07, 6.45) is 5.76. The summed E-state index contributed by atoms with van der Waals surface area (Å²) in [5.41, 5.74) is 0.624. The lowest BCUT2D eigenvalue weighted by molar-refractivity contribution is 0.0890. The quantitative estimate of drug-likeness (QED) is 0.890. The van der Waals surface area contributed by atoms with E-state index in [1.807, 2.05) is 11.6 Å². The van der Waals surface area contributed by atoms with E-state index in [0.717, 1.165) is 31.8 Å². The van der Waals surface area contributed by atoms with Crippen molar-refractivity contribution in [2.24, 2.45) is 0 Å². The average molecular weight is 344 g/mol. The molecule has 1 amide bonds. The molecule has 4 rings (SSSR count). The largest absolute Gasteiger partial charge is 0.469 e. The molecule has 1 atom stereocenters. The van der Waals surface area contributed by atoms with Gasteiger partial charge in [0.05, 0.1) is 23.9 Å². The predicted molar refractivity (Wildman–Crippen MR) is 90.0 cm³/mol. The minimum absolute atomic E-state index is 0.0459. The van der Waals surface area contributed by atoms with E-state index in [2.05, 4.69) is 32.7 Å². The Kier molecular flexibility index (Phi) is 4.29. The van der Waals surface area contributed by atoms with Gasteiger partial charge in [-0.1, -0.05) is 0 Å². The van der Waals surface area contributed by atoms with E-state index in [4.69, 9.17) is 4.42 Å². The first-order valence-electron chi connectivity index (χ1n) is 9.00. The molecule has 0 spiro atoms. The number of hydrogen-bond acceptors (Lipinski definition) is 6. The van der Waals surface area contributed by atoms with Crippen LogP contribution in [0.4, 0.5) is 0 Å². The number of piperidine rings is 1. The molecule has 1 aliphatic heterocycles. The fraction of sp³-hybridized carbons (Fsp3) is 0.647. The highest BCUT2D eigenvalue weighted by atomic mass is 16.3. The highest BCUT2D eigenvalue weighted by Gasteiger charge is 2.32. The van der Waals surface area contributed by atoms with Crippen LogP contribution in [0.2, 0.25) is 0 Å². The van der Waals surface area contributed by atoms with Gasteiger partial charge in [-0.25, -0.2) is 4.68 Å². The van der Waals surface area contributed by atoms with Gasteiger partial charge in [-0.2, -0.15) is 0 Å². The van der Waals surface area contributed by atoms with E-state index < -0.39 is 0 Å². The maximum atomic E-state index is 12.3. The Labute approximate surface area is 146 Å². The van der Waals surface area contributed by atoms with Gasteiger partial charge in [-0.15, -0.1) is 5.10 Å². The second-order valence-corrected chi connectivity index (χ2v) is 7.06. The van der Waals surface area contributed by atoms with Crippen molar-refractivity contribution in [3.8, 4) is 0 Å². The Morgan fingerprint density at radius 3 is 2.72 bits per heavy atom. The Bertz CT molecular complexity index is 742. The summed E-state index contributed by atoms with van der Waals surface area (Å²) in [6.45, 7) is 5.82. The molecule has 1 saturated heterocycles. The molecule has 0 aromatic carbocycles. The molecular weight excluding hydrogens is 320 g/mol. The van der Waals surface area contributed by atoms with Gasteiger partial charge in [0.2, 0.25) is 0 Å². The van der Waals surface area contributed by atoms with Gasteiger partial charge >= 0.3 is 0 Å². The Morgan fingerprint density at radius 1 is 1.32 bits per heavy atom. The topological polar surface area (TPSA) is 89.1 Å². The van der Waals surface area contributed by atoms with Crippen LogP contribution in [0.3, 0.4) is 0 Å². The molecule has 2 aliphatic rings. The molecule has 134 valence electrons. The number of carbonyl (C=O) groups excluding carboxylic acids is 1. The standard InChI is InChI=1S/C17H24N6O2/c1-11(16-19-20-21-23(16)14-3-4-14)22-8-5-13(6-9-22)18-17(24)15-7-10-25-12(15)2/h7,10-11,13-14H,3-6,8-9H2,1-2H3,(H,18,24)/t11-/m0/s1. The normalized spacial score (nSPS) is 20.6. The number of carbonyl (C=O) groups is 1. The van der Waals surface area contributed by atoms with Gasteiger partial charge in [-0.3, -0.25) is 9.69 Å². The van der Waals surface area contributed by atoms with Crippen LogP contribution in [-0.4, -0.2) is 50.1 Å². The predicted octanol–water partition coefficient (Wildman–Crippen LogP) is 1.86. The van der Waals surface area contributed by atoms with Crippen molar-refractivity contribution < 1.29 is 9.21 Å². The number of hydrogen-bond donors (Lipinski definition) is 1. The summed E-state index contributed by atoms with van der Waals surface area (Å²) in [5, 5.41) is 15.4. The number of amides is 1. The average Bonchev–Trinajstić information content (AvgIpc) is 3.17. The molecule has 0 radical (unpaired) electrons. The third-order valence-electron chi connectivity index (χ3n) is 5.30. The molecule has 1 aliphatic carbocycles. The number of tetrazole rings is 1. The highest BCUT2D eigenvalue weighted by Crippen LogP contribution is 2.36. The summed E-state index contributed by atoms with van der Waals surface area (Å²) < 4.78 is 7.20. The third kappa shape index (κ3) is 3.30. The van der Waals surface area contributed by atoms with Crippen molar-refractivity contribution in [1.29, 1.82) is 0 Å². The van der Waals surface area contributed by atoms with Crippen molar-refractivity contribution in [3.63, 3.8) is 0 Å². The minimum atomic E-state index is -0.0459. The Balaban J connectivity index is 1.33. The molecule has 3 heterocycles. The van der Waals surface area contributed by atoms with Gasteiger partial charge in [0.1, 0.15) is 5.76 Å². The number of aryl methyl sites for hydroxylation is 1. The first-order valence-corrected chi connectivity index (χ1v) is 9.00. The van der Waals surface area contributed by atoms with Crippen LogP contribution < -0.4 is 5.32 Å². The molecule has 0 unspecified atom stereocenters. The molecule has 0 bridgehead atoms. The molecule has 2 aromatic rings. The highest BCUT2D eigenvalue weighted by molar-refractivity contribution is 5.95. The maximum absolute atomic E-state index is 12.3.